The highest BCUT2D eigenvalue weighted by Crippen LogP contribution is 2.34. The first kappa shape index (κ1) is 15.7. The predicted molar refractivity (Wildman–Crippen MR) is 88.1 cm³/mol. The fourth-order valence-electron chi connectivity index (χ4n) is 2.67. The molecular weight excluding hydrogens is 308 g/mol. The summed E-state index contributed by atoms with van der Waals surface area (Å²) in [7, 11) is 1.22. The quantitative estimate of drug-likeness (QED) is 0.877. The molecule has 0 radical (unpaired) electrons. The molecule has 1 aromatic heterocycles. The standard InChI is InChI=1S/C18H16N2O4/c1-24-18(23)14-10-16(21)20(11-12-6-8-19-9-7-12)15-5-3-2-4-13(15)17(14)22/h2-9,22H,10-11H2,1H3. The Balaban J connectivity index is 2.08. The second-order valence-electron chi connectivity index (χ2n) is 5.35. The van der Waals surface area contributed by atoms with E-state index < -0.39 is 5.97 Å². The minimum Gasteiger partial charge on any atom is -0.507 e. The van der Waals surface area contributed by atoms with Gasteiger partial charge >= 0.3 is 5.97 Å². The fraction of sp³-hybridized carbons (Fsp3) is 0.167. The molecule has 3 rings (SSSR count). The van der Waals surface area contributed by atoms with Crippen LogP contribution in [0.2, 0.25) is 0 Å². The van der Waals surface area contributed by atoms with E-state index in [1.165, 1.54) is 7.11 Å². The molecule has 122 valence electrons. The van der Waals surface area contributed by atoms with Crippen molar-refractivity contribution in [3.63, 3.8) is 0 Å². The van der Waals surface area contributed by atoms with Crippen LogP contribution in [0.4, 0.5) is 5.69 Å². The number of hydrogen-bond donors (Lipinski definition) is 1. The molecule has 1 aromatic carbocycles. The highest BCUT2D eigenvalue weighted by Gasteiger charge is 2.30. The van der Waals surface area contributed by atoms with Crippen LogP contribution < -0.4 is 4.90 Å². The highest BCUT2D eigenvalue weighted by molar-refractivity contribution is 6.09. The zero-order chi connectivity index (χ0) is 17.1. The van der Waals surface area contributed by atoms with Crippen molar-refractivity contribution in [3.8, 4) is 0 Å². The number of rotatable bonds is 3. The third kappa shape index (κ3) is 2.86. The molecule has 2 heterocycles. The number of fused-ring (bicyclic) bond motifs is 1. The van der Waals surface area contributed by atoms with Crippen molar-refractivity contribution in [1.82, 2.24) is 4.98 Å². The Kier molecular flexibility index (Phi) is 4.29. The molecule has 0 unspecified atom stereocenters. The molecule has 6 nitrogen and oxygen atoms in total. The maximum Gasteiger partial charge on any atom is 0.338 e. The van der Waals surface area contributed by atoms with Crippen molar-refractivity contribution < 1.29 is 19.4 Å². The molecule has 1 amide bonds. The van der Waals surface area contributed by atoms with Crippen LogP contribution in [0.1, 0.15) is 17.5 Å². The second kappa shape index (κ2) is 6.54. The van der Waals surface area contributed by atoms with Crippen molar-refractivity contribution in [3.05, 3.63) is 65.5 Å². The average Bonchev–Trinajstić information content (AvgIpc) is 2.72. The molecule has 0 saturated heterocycles. The van der Waals surface area contributed by atoms with Gasteiger partial charge in [-0.2, -0.15) is 0 Å². The molecule has 1 aliphatic heterocycles. The molecular formula is C18H16N2O4. The van der Waals surface area contributed by atoms with E-state index in [1.807, 2.05) is 12.1 Å². The summed E-state index contributed by atoms with van der Waals surface area (Å²) in [5, 5.41) is 10.5. The van der Waals surface area contributed by atoms with Crippen molar-refractivity contribution in [1.29, 1.82) is 0 Å². The van der Waals surface area contributed by atoms with E-state index in [2.05, 4.69) is 4.98 Å². The first-order chi connectivity index (χ1) is 11.6. The third-order valence-corrected chi connectivity index (χ3v) is 3.89. The molecule has 1 aliphatic rings. The number of ether oxygens (including phenoxy) is 1. The number of methoxy groups -OCH3 is 1. The lowest BCUT2D eigenvalue weighted by molar-refractivity contribution is -0.137. The minimum atomic E-state index is -0.707. The Morgan fingerprint density at radius 1 is 1.25 bits per heavy atom. The van der Waals surface area contributed by atoms with Crippen molar-refractivity contribution in [2.75, 3.05) is 12.0 Å². The van der Waals surface area contributed by atoms with Gasteiger partial charge in [-0.3, -0.25) is 9.78 Å². The number of para-hydroxylation sites is 1. The highest BCUT2D eigenvalue weighted by atomic mass is 16.5. The van der Waals surface area contributed by atoms with E-state index in [9.17, 15) is 14.7 Å². The van der Waals surface area contributed by atoms with Crippen LogP contribution >= 0.6 is 0 Å². The zero-order valence-electron chi connectivity index (χ0n) is 13.1. The molecule has 0 atom stereocenters. The number of benzene rings is 1. The lowest BCUT2D eigenvalue weighted by Gasteiger charge is -2.23. The van der Waals surface area contributed by atoms with Crippen LogP contribution in [0, 0.1) is 0 Å². The van der Waals surface area contributed by atoms with Crippen molar-refractivity contribution >= 4 is 23.3 Å². The zero-order valence-corrected chi connectivity index (χ0v) is 13.1. The molecule has 0 spiro atoms. The van der Waals surface area contributed by atoms with Crippen LogP contribution in [0.3, 0.4) is 0 Å². The number of carbonyl (C=O) groups excluding carboxylic acids is 2. The Labute approximate surface area is 139 Å². The number of carbonyl (C=O) groups is 2. The summed E-state index contributed by atoms with van der Waals surface area (Å²) in [5.74, 6) is -1.21. The van der Waals surface area contributed by atoms with Crippen molar-refractivity contribution in [2.45, 2.75) is 13.0 Å². The smallest absolute Gasteiger partial charge is 0.338 e. The van der Waals surface area contributed by atoms with E-state index in [0.29, 0.717) is 17.8 Å². The lowest BCUT2D eigenvalue weighted by atomic mass is 10.1. The SMILES string of the molecule is COC(=O)C1=C(O)c2ccccc2N(Cc2ccncc2)C(=O)C1. The number of hydrogen-bond acceptors (Lipinski definition) is 5. The van der Waals surface area contributed by atoms with Gasteiger partial charge in [-0.15, -0.1) is 0 Å². The van der Waals surface area contributed by atoms with Gasteiger partial charge in [-0.1, -0.05) is 12.1 Å². The average molecular weight is 324 g/mol. The maximum absolute atomic E-state index is 12.7. The van der Waals surface area contributed by atoms with Crippen LogP contribution in [0.25, 0.3) is 5.76 Å². The van der Waals surface area contributed by atoms with Gasteiger partial charge in [-0.25, -0.2) is 4.79 Å². The Hall–Kier alpha value is -3.15. The van der Waals surface area contributed by atoms with Gasteiger partial charge in [0, 0.05) is 18.0 Å². The summed E-state index contributed by atoms with van der Waals surface area (Å²) in [5.41, 5.74) is 1.84. The molecule has 1 N–H and O–H groups in total. The van der Waals surface area contributed by atoms with E-state index in [4.69, 9.17) is 4.74 Å². The van der Waals surface area contributed by atoms with Gasteiger partial charge in [0.1, 0.15) is 5.76 Å². The predicted octanol–water partition coefficient (Wildman–Crippen LogP) is 2.46. The Morgan fingerprint density at radius 2 is 1.96 bits per heavy atom. The normalized spacial score (nSPS) is 14.2. The Morgan fingerprint density at radius 3 is 2.67 bits per heavy atom. The monoisotopic (exact) mass is 324 g/mol. The molecule has 0 fully saturated rings. The molecule has 0 aliphatic carbocycles. The largest absolute Gasteiger partial charge is 0.507 e. The second-order valence-corrected chi connectivity index (χ2v) is 5.35. The first-order valence-corrected chi connectivity index (χ1v) is 7.41. The van der Waals surface area contributed by atoms with Crippen LogP contribution in [-0.2, 0) is 20.9 Å². The lowest BCUT2D eigenvalue weighted by Crippen LogP contribution is -2.30. The number of amides is 1. The van der Waals surface area contributed by atoms with Gasteiger partial charge in [0.05, 0.1) is 31.3 Å². The van der Waals surface area contributed by atoms with E-state index in [0.717, 1.165) is 5.56 Å². The summed E-state index contributed by atoms with van der Waals surface area (Å²) in [6, 6.07) is 10.6. The van der Waals surface area contributed by atoms with Gasteiger partial charge in [0.25, 0.3) is 0 Å². The fourth-order valence-corrected chi connectivity index (χ4v) is 2.67. The summed E-state index contributed by atoms with van der Waals surface area (Å²) >= 11 is 0. The third-order valence-electron chi connectivity index (χ3n) is 3.89. The number of aliphatic hydroxyl groups excluding tert-OH is 1. The van der Waals surface area contributed by atoms with Gasteiger partial charge in [-0.05, 0) is 29.8 Å². The summed E-state index contributed by atoms with van der Waals surface area (Å²) in [6.07, 6.45) is 3.08. The van der Waals surface area contributed by atoms with Crippen LogP contribution in [0.5, 0.6) is 0 Å². The molecule has 6 heteroatoms. The molecule has 0 saturated carbocycles. The van der Waals surface area contributed by atoms with Gasteiger partial charge < -0.3 is 14.7 Å². The van der Waals surface area contributed by atoms with E-state index in [-0.39, 0.29) is 23.7 Å². The molecule has 0 bridgehead atoms. The van der Waals surface area contributed by atoms with Gasteiger partial charge in [0.2, 0.25) is 5.91 Å². The summed E-state index contributed by atoms with van der Waals surface area (Å²) in [6.45, 7) is 0.320. The minimum absolute atomic E-state index is 0.0350. The molecule has 2 aromatic rings. The maximum atomic E-state index is 12.7. The topological polar surface area (TPSA) is 79.7 Å². The van der Waals surface area contributed by atoms with Crippen LogP contribution in [-0.4, -0.2) is 29.1 Å². The number of anilines is 1. The van der Waals surface area contributed by atoms with Crippen LogP contribution in [0.15, 0.2) is 54.4 Å². The molecule has 24 heavy (non-hydrogen) atoms. The number of aliphatic hydroxyl groups is 1. The van der Waals surface area contributed by atoms with E-state index >= 15 is 0 Å². The number of esters is 1. The number of nitrogens with zero attached hydrogens (tertiary/aromatic N) is 2. The summed E-state index contributed by atoms with van der Waals surface area (Å²) in [4.78, 5) is 30.2. The van der Waals surface area contributed by atoms with Crippen molar-refractivity contribution in [2.24, 2.45) is 0 Å². The number of aromatic nitrogens is 1. The van der Waals surface area contributed by atoms with Gasteiger partial charge in [0.15, 0.2) is 0 Å². The van der Waals surface area contributed by atoms with E-state index in [1.54, 1.807) is 41.6 Å². The number of pyridine rings is 1. The first-order valence-electron chi connectivity index (χ1n) is 7.41. The summed E-state index contributed by atoms with van der Waals surface area (Å²) < 4.78 is 4.70. The Bertz CT molecular complexity index is 815.